The van der Waals surface area contributed by atoms with Gasteiger partial charge in [0.1, 0.15) is 5.75 Å². The Morgan fingerprint density at radius 1 is 1.15 bits per heavy atom. The highest BCUT2D eigenvalue weighted by Crippen LogP contribution is 2.20. The molecule has 7 heteroatoms. The van der Waals surface area contributed by atoms with Crippen LogP contribution in [-0.2, 0) is 17.8 Å². The smallest absolute Gasteiger partial charge is 0.227 e. The molecule has 26 heavy (non-hydrogen) atoms. The second kappa shape index (κ2) is 8.49. The summed E-state index contributed by atoms with van der Waals surface area (Å²) in [6.45, 7) is 0.455. The van der Waals surface area contributed by atoms with E-state index in [-0.39, 0.29) is 12.3 Å². The summed E-state index contributed by atoms with van der Waals surface area (Å²) in [6.07, 6.45) is 0.660. The van der Waals surface area contributed by atoms with Crippen molar-refractivity contribution in [1.82, 2.24) is 15.5 Å². The van der Waals surface area contributed by atoms with Crippen LogP contribution in [0.1, 0.15) is 17.9 Å². The molecule has 0 fully saturated rings. The average molecular weight is 372 g/mol. The molecule has 1 heterocycles. The van der Waals surface area contributed by atoms with Gasteiger partial charge in [0.25, 0.3) is 0 Å². The van der Waals surface area contributed by atoms with E-state index in [0.717, 1.165) is 16.9 Å². The van der Waals surface area contributed by atoms with Gasteiger partial charge in [-0.2, -0.15) is 4.98 Å². The van der Waals surface area contributed by atoms with Crippen molar-refractivity contribution in [2.75, 3.05) is 7.11 Å². The van der Waals surface area contributed by atoms with Gasteiger partial charge in [0.15, 0.2) is 0 Å². The normalized spacial score (nSPS) is 10.5. The summed E-state index contributed by atoms with van der Waals surface area (Å²) in [7, 11) is 1.61. The summed E-state index contributed by atoms with van der Waals surface area (Å²) >= 11 is 5.84. The van der Waals surface area contributed by atoms with Crippen molar-refractivity contribution in [1.29, 1.82) is 0 Å². The lowest BCUT2D eigenvalue weighted by Gasteiger charge is -2.04. The molecular weight excluding hydrogens is 354 g/mol. The first-order valence-corrected chi connectivity index (χ1v) is 8.50. The molecule has 3 rings (SSSR count). The maximum absolute atomic E-state index is 12.0. The molecule has 0 saturated heterocycles. The van der Waals surface area contributed by atoms with Crippen LogP contribution < -0.4 is 10.1 Å². The number of rotatable bonds is 7. The van der Waals surface area contributed by atoms with Crippen molar-refractivity contribution >= 4 is 17.5 Å². The number of aromatic nitrogens is 2. The van der Waals surface area contributed by atoms with E-state index < -0.39 is 0 Å². The van der Waals surface area contributed by atoms with E-state index in [9.17, 15) is 4.79 Å². The number of halogens is 1. The van der Waals surface area contributed by atoms with Gasteiger partial charge < -0.3 is 14.6 Å². The van der Waals surface area contributed by atoms with Gasteiger partial charge in [0.05, 0.1) is 7.11 Å². The van der Waals surface area contributed by atoms with Crippen LogP contribution in [0.2, 0.25) is 5.02 Å². The van der Waals surface area contributed by atoms with Crippen LogP contribution in [0.25, 0.3) is 11.4 Å². The number of amides is 1. The maximum Gasteiger partial charge on any atom is 0.227 e. The number of methoxy groups -OCH3 is 1. The van der Waals surface area contributed by atoms with Crippen LogP contribution in [0.4, 0.5) is 0 Å². The zero-order chi connectivity index (χ0) is 18.4. The Kier molecular flexibility index (Phi) is 5.86. The molecule has 0 aliphatic heterocycles. The molecule has 0 aliphatic rings. The molecule has 6 nitrogen and oxygen atoms in total. The lowest BCUT2D eigenvalue weighted by Crippen LogP contribution is -2.23. The Morgan fingerprint density at radius 3 is 2.58 bits per heavy atom. The summed E-state index contributed by atoms with van der Waals surface area (Å²) in [4.78, 5) is 16.3. The minimum atomic E-state index is -0.0795. The van der Waals surface area contributed by atoms with E-state index in [2.05, 4.69) is 15.5 Å². The molecule has 0 saturated carbocycles. The van der Waals surface area contributed by atoms with E-state index in [1.165, 1.54) is 0 Å². The van der Waals surface area contributed by atoms with Gasteiger partial charge in [-0.25, -0.2) is 0 Å². The van der Waals surface area contributed by atoms with Crippen LogP contribution in [0.5, 0.6) is 5.75 Å². The highest BCUT2D eigenvalue weighted by molar-refractivity contribution is 6.30. The molecule has 2 aromatic carbocycles. The highest BCUT2D eigenvalue weighted by Gasteiger charge is 2.11. The minimum Gasteiger partial charge on any atom is -0.497 e. The third-order valence-corrected chi connectivity index (χ3v) is 4.04. The van der Waals surface area contributed by atoms with Gasteiger partial charge in [0.2, 0.25) is 17.6 Å². The quantitative estimate of drug-likeness (QED) is 0.686. The van der Waals surface area contributed by atoms with Gasteiger partial charge in [-0.15, -0.1) is 0 Å². The molecular formula is C19H18ClN3O3. The first-order chi connectivity index (χ1) is 12.6. The molecule has 0 unspecified atom stereocenters. The summed E-state index contributed by atoms with van der Waals surface area (Å²) < 4.78 is 10.3. The molecule has 0 bridgehead atoms. The zero-order valence-electron chi connectivity index (χ0n) is 14.2. The van der Waals surface area contributed by atoms with E-state index in [0.29, 0.717) is 29.7 Å². The Morgan fingerprint density at radius 2 is 1.88 bits per heavy atom. The van der Waals surface area contributed by atoms with Crippen molar-refractivity contribution in [2.45, 2.75) is 19.4 Å². The fraction of sp³-hybridized carbons (Fsp3) is 0.211. The van der Waals surface area contributed by atoms with Gasteiger partial charge in [-0.05, 0) is 42.0 Å². The average Bonchev–Trinajstić information content (AvgIpc) is 3.15. The Hall–Kier alpha value is -2.86. The van der Waals surface area contributed by atoms with Gasteiger partial charge in [0, 0.05) is 30.0 Å². The predicted molar refractivity (Wildman–Crippen MR) is 97.9 cm³/mol. The summed E-state index contributed by atoms with van der Waals surface area (Å²) in [5, 5.41) is 7.48. The standard InChI is InChI=1S/C19H18ClN3O3/c1-25-16-8-4-14(5-9-16)19-22-18(26-23-19)11-10-17(24)21-12-13-2-6-15(20)7-3-13/h2-9H,10-12H2,1H3,(H,21,24). The summed E-state index contributed by atoms with van der Waals surface area (Å²) in [6, 6.07) is 14.7. The number of aryl methyl sites for hydroxylation is 1. The number of benzene rings is 2. The molecule has 1 amide bonds. The van der Waals surface area contributed by atoms with Crippen LogP contribution in [0.3, 0.4) is 0 Å². The number of carbonyl (C=O) groups is 1. The molecule has 3 aromatic rings. The Balaban J connectivity index is 1.49. The fourth-order valence-corrected chi connectivity index (χ4v) is 2.45. The zero-order valence-corrected chi connectivity index (χ0v) is 15.0. The predicted octanol–water partition coefficient (Wildman–Crippen LogP) is 3.65. The molecule has 0 atom stereocenters. The number of nitrogens with zero attached hydrogens (tertiary/aromatic N) is 2. The van der Waals surface area contributed by atoms with E-state index in [1.54, 1.807) is 19.2 Å². The Bertz CT molecular complexity index is 860. The highest BCUT2D eigenvalue weighted by atomic mass is 35.5. The van der Waals surface area contributed by atoms with Crippen molar-refractivity contribution in [3.8, 4) is 17.1 Å². The lowest BCUT2D eigenvalue weighted by molar-refractivity contribution is -0.121. The molecule has 1 aromatic heterocycles. The third-order valence-electron chi connectivity index (χ3n) is 3.79. The van der Waals surface area contributed by atoms with Crippen LogP contribution in [0.15, 0.2) is 53.1 Å². The van der Waals surface area contributed by atoms with Crippen molar-refractivity contribution in [2.24, 2.45) is 0 Å². The Labute approximate surface area is 156 Å². The van der Waals surface area contributed by atoms with Crippen LogP contribution >= 0.6 is 11.6 Å². The third kappa shape index (κ3) is 4.83. The second-order valence-corrected chi connectivity index (χ2v) is 6.08. The molecule has 0 spiro atoms. The van der Waals surface area contributed by atoms with Gasteiger partial charge in [-0.3, -0.25) is 4.79 Å². The summed E-state index contributed by atoms with van der Waals surface area (Å²) in [5.41, 5.74) is 1.82. The van der Waals surface area contributed by atoms with Crippen LogP contribution in [-0.4, -0.2) is 23.2 Å². The van der Waals surface area contributed by atoms with E-state index >= 15 is 0 Å². The van der Waals surface area contributed by atoms with E-state index in [4.69, 9.17) is 20.9 Å². The minimum absolute atomic E-state index is 0.0795. The molecule has 0 aliphatic carbocycles. The van der Waals surface area contributed by atoms with Crippen molar-refractivity contribution < 1.29 is 14.1 Å². The second-order valence-electron chi connectivity index (χ2n) is 5.64. The number of ether oxygens (including phenoxy) is 1. The number of nitrogens with one attached hydrogen (secondary N) is 1. The maximum atomic E-state index is 12.0. The number of hydrogen-bond donors (Lipinski definition) is 1. The van der Waals surface area contributed by atoms with Gasteiger partial charge >= 0.3 is 0 Å². The van der Waals surface area contributed by atoms with Gasteiger partial charge in [-0.1, -0.05) is 28.9 Å². The van der Waals surface area contributed by atoms with E-state index in [1.807, 2.05) is 36.4 Å². The largest absolute Gasteiger partial charge is 0.497 e. The first-order valence-electron chi connectivity index (χ1n) is 8.12. The summed E-state index contributed by atoms with van der Waals surface area (Å²) in [5.74, 6) is 1.60. The fourth-order valence-electron chi connectivity index (χ4n) is 2.33. The monoisotopic (exact) mass is 371 g/mol. The van der Waals surface area contributed by atoms with Crippen molar-refractivity contribution in [3.63, 3.8) is 0 Å². The van der Waals surface area contributed by atoms with Crippen molar-refractivity contribution in [3.05, 3.63) is 65.0 Å². The first kappa shape index (κ1) is 17.9. The topological polar surface area (TPSA) is 77.2 Å². The van der Waals surface area contributed by atoms with Crippen LogP contribution in [0, 0.1) is 0 Å². The molecule has 1 N–H and O–H groups in total. The number of carbonyl (C=O) groups excluding carboxylic acids is 1. The lowest BCUT2D eigenvalue weighted by atomic mass is 10.2. The number of hydrogen-bond acceptors (Lipinski definition) is 5. The molecule has 134 valence electrons. The SMILES string of the molecule is COc1ccc(-c2noc(CCC(=O)NCc3ccc(Cl)cc3)n2)cc1. The molecule has 0 radical (unpaired) electrons.